The Hall–Kier alpha value is -2.66. The number of thioether (sulfide) groups is 1. The third-order valence-corrected chi connectivity index (χ3v) is 10.2. The molecule has 3 fully saturated rings. The second kappa shape index (κ2) is 9.33. The SMILES string of the molecule is CNC(=O)[C@@H]1[C@H]2C(=O)N([C@@H](CO)CC(C)C)C(C(=O)NCn3nnc4ccccc43)C23S[C@@H]1CC3C. The molecule has 1 aromatic carbocycles. The number of amides is 3. The summed E-state index contributed by atoms with van der Waals surface area (Å²) in [5.41, 5.74) is 1.53. The maximum absolute atomic E-state index is 14.1. The fourth-order valence-electron chi connectivity index (χ4n) is 6.72. The van der Waals surface area contributed by atoms with Crippen LogP contribution in [0.2, 0.25) is 0 Å². The van der Waals surface area contributed by atoms with Gasteiger partial charge in [-0.2, -0.15) is 0 Å². The summed E-state index contributed by atoms with van der Waals surface area (Å²) in [7, 11) is 1.59. The number of benzene rings is 1. The van der Waals surface area contributed by atoms with Crippen LogP contribution in [0.1, 0.15) is 33.6 Å². The molecule has 3 aliphatic heterocycles. The first-order chi connectivity index (χ1) is 17.2. The smallest absolute Gasteiger partial charge is 0.245 e. The number of carbonyl (C=O) groups is 3. The average Bonchev–Trinajstić information content (AvgIpc) is 3.57. The standard InChI is InChI=1S/C25H34N6O4S/c1-13(2)9-15(11-32)31-21(23(34)27-12-30-17-8-6-5-7-16(17)28-29-30)25-14(3)10-18(36-25)19(22(33)26-4)20(25)24(31)35/h5-8,13-15,18-21,32H,9-12H2,1-4H3,(H,26,33)(H,27,34)/t14?,15-,18-,19+,20+,21?,25?/m1/s1. The van der Waals surface area contributed by atoms with Crippen LogP contribution in [0.25, 0.3) is 11.0 Å². The van der Waals surface area contributed by atoms with Gasteiger partial charge in [-0.15, -0.1) is 16.9 Å². The first-order valence-electron chi connectivity index (χ1n) is 12.6. The maximum Gasteiger partial charge on any atom is 0.245 e. The number of fused-ring (bicyclic) bond motifs is 2. The molecule has 3 N–H and O–H groups in total. The number of nitrogens with zero attached hydrogens (tertiary/aromatic N) is 4. The Balaban J connectivity index is 1.51. The number of nitrogens with one attached hydrogen (secondary N) is 2. The minimum atomic E-state index is -0.791. The summed E-state index contributed by atoms with van der Waals surface area (Å²) in [5.74, 6) is -1.44. The van der Waals surface area contributed by atoms with E-state index in [1.165, 1.54) is 0 Å². The lowest BCUT2D eigenvalue weighted by Gasteiger charge is -2.40. The summed E-state index contributed by atoms with van der Waals surface area (Å²) in [6, 6.07) is 6.21. The van der Waals surface area contributed by atoms with Gasteiger partial charge in [-0.1, -0.05) is 38.1 Å². The number of hydrogen-bond donors (Lipinski definition) is 3. The molecule has 11 heteroatoms. The van der Waals surface area contributed by atoms with Gasteiger partial charge in [0, 0.05) is 12.3 Å². The summed E-state index contributed by atoms with van der Waals surface area (Å²) < 4.78 is 0.898. The zero-order chi connectivity index (χ0) is 25.8. The summed E-state index contributed by atoms with van der Waals surface area (Å²) in [5, 5.41) is 24.4. The van der Waals surface area contributed by atoms with Crippen molar-refractivity contribution in [1.82, 2.24) is 30.5 Å². The lowest BCUT2D eigenvalue weighted by Crippen LogP contribution is -2.58. The quantitative estimate of drug-likeness (QED) is 0.479. The van der Waals surface area contributed by atoms with Gasteiger partial charge in [0.25, 0.3) is 0 Å². The number of aliphatic hydroxyl groups is 1. The number of rotatable bonds is 8. The van der Waals surface area contributed by atoms with Crippen LogP contribution in [0.4, 0.5) is 0 Å². The summed E-state index contributed by atoms with van der Waals surface area (Å²) in [4.78, 5) is 42.6. The Morgan fingerprint density at radius 3 is 2.72 bits per heavy atom. The molecule has 0 saturated carbocycles. The van der Waals surface area contributed by atoms with Gasteiger partial charge in [0.1, 0.15) is 18.2 Å². The highest BCUT2D eigenvalue weighted by Gasteiger charge is 2.76. The van der Waals surface area contributed by atoms with Crippen molar-refractivity contribution in [2.24, 2.45) is 23.7 Å². The van der Waals surface area contributed by atoms with E-state index in [1.807, 2.05) is 38.1 Å². The molecule has 4 heterocycles. The van der Waals surface area contributed by atoms with Gasteiger partial charge in [0.2, 0.25) is 17.7 Å². The maximum atomic E-state index is 14.1. The lowest BCUT2D eigenvalue weighted by molar-refractivity contribution is -0.143. The van der Waals surface area contributed by atoms with E-state index in [4.69, 9.17) is 0 Å². The fraction of sp³-hybridized carbons (Fsp3) is 0.640. The van der Waals surface area contributed by atoms with E-state index in [-0.39, 0.29) is 48.1 Å². The Labute approximate surface area is 214 Å². The minimum absolute atomic E-state index is 0.0108. The van der Waals surface area contributed by atoms with E-state index in [0.29, 0.717) is 6.42 Å². The second-order valence-corrected chi connectivity index (χ2v) is 12.2. The van der Waals surface area contributed by atoms with Crippen molar-refractivity contribution in [2.75, 3.05) is 13.7 Å². The third-order valence-electron chi connectivity index (χ3n) is 8.15. The third kappa shape index (κ3) is 3.61. The van der Waals surface area contributed by atoms with Crippen LogP contribution in [0.15, 0.2) is 24.3 Å². The van der Waals surface area contributed by atoms with Crippen molar-refractivity contribution in [3.63, 3.8) is 0 Å². The Morgan fingerprint density at radius 2 is 2.03 bits per heavy atom. The van der Waals surface area contributed by atoms with Gasteiger partial charge in [-0.05, 0) is 36.8 Å². The van der Waals surface area contributed by atoms with Crippen LogP contribution in [0.5, 0.6) is 0 Å². The van der Waals surface area contributed by atoms with E-state index >= 15 is 0 Å². The molecule has 5 rings (SSSR count). The van der Waals surface area contributed by atoms with Crippen molar-refractivity contribution in [1.29, 1.82) is 0 Å². The van der Waals surface area contributed by atoms with E-state index < -0.39 is 28.7 Å². The van der Waals surface area contributed by atoms with Crippen LogP contribution < -0.4 is 10.6 Å². The monoisotopic (exact) mass is 514 g/mol. The molecule has 10 nitrogen and oxygen atoms in total. The molecular weight excluding hydrogens is 480 g/mol. The van der Waals surface area contributed by atoms with Crippen molar-refractivity contribution in [3.8, 4) is 0 Å². The molecule has 7 atom stereocenters. The van der Waals surface area contributed by atoms with Crippen LogP contribution >= 0.6 is 11.8 Å². The van der Waals surface area contributed by atoms with Crippen molar-refractivity contribution in [3.05, 3.63) is 24.3 Å². The second-order valence-electron chi connectivity index (χ2n) is 10.7. The van der Waals surface area contributed by atoms with Crippen LogP contribution in [-0.4, -0.2) is 78.5 Å². The van der Waals surface area contributed by atoms with Crippen molar-refractivity contribution in [2.45, 2.75) is 62.4 Å². The first-order valence-corrected chi connectivity index (χ1v) is 13.5. The molecule has 36 heavy (non-hydrogen) atoms. The van der Waals surface area contributed by atoms with Gasteiger partial charge < -0.3 is 20.6 Å². The molecule has 1 aromatic heterocycles. The van der Waals surface area contributed by atoms with Crippen LogP contribution in [-0.2, 0) is 21.1 Å². The zero-order valence-electron chi connectivity index (χ0n) is 21.0. The number of aliphatic hydroxyl groups excluding tert-OH is 1. The van der Waals surface area contributed by atoms with E-state index in [9.17, 15) is 19.5 Å². The molecule has 2 bridgehead atoms. The van der Waals surface area contributed by atoms with E-state index in [1.54, 1.807) is 28.4 Å². The van der Waals surface area contributed by atoms with Gasteiger partial charge in [-0.3, -0.25) is 14.4 Å². The van der Waals surface area contributed by atoms with Gasteiger partial charge in [0.05, 0.1) is 34.7 Å². The number of aromatic nitrogens is 3. The summed E-state index contributed by atoms with van der Waals surface area (Å²) in [6.07, 6.45) is 1.33. The highest BCUT2D eigenvalue weighted by atomic mass is 32.2. The lowest BCUT2D eigenvalue weighted by atomic mass is 9.66. The summed E-state index contributed by atoms with van der Waals surface area (Å²) >= 11 is 1.63. The number of para-hydroxylation sites is 1. The highest BCUT2D eigenvalue weighted by molar-refractivity contribution is 8.02. The molecule has 3 amide bonds. The molecule has 0 radical (unpaired) electrons. The molecule has 3 aliphatic rings. The van der Waals surface area contributed by atoms with Crippen molar-refractivity contribution < 1.29 is 19.5 Å². The topological polar surface area (TPSA) is 129 Å². The number of carbonyl (C=O) groups excluding carboxylic acids is 3. The Bertz CT molecular complexity index is 1190. The largest absolute Gasteiger partial charge is 0.394 e. The van der Waals surface area contributed by atoms with Crippen molar-refractivity contribution >= 4 is 40.5 Å². The normalized spacial score (nSPS) is 31.8. The fourth-order valence-corrected chi connectivity index (χ4v) is 9.13. The zero-order valence-corrected chi connectivity index (χ0v) is 21.9. The predicted octanol–water partition coefficient (Wildman–Crippen LogP) is 0.995. The molecule has 1 spiro atoms. The van der Waals surface area contributed by atoms with Gasteiger partial charge in [-0.25, -0.2) is 4.68 Å². The van der Waals surface area contributed by atoms with Crippen LogP contribution in [0, 0.1) is 23.7 Å². The van der Waals surface area contributed by atoms with Gasteiger partial charge in [0.15, 0.2) is 0 Å². The average molecular weight is 515 g/mol. The number of hydrogen-bond acceptors (Lipinski definition) is 7. The molecular formula is C25H34N6O4S. The highest BCUT2D eigenvalue weighted by Crippen LogP contribution is 2.68. The Morgan fingerprint density at radius 1 is 1.28 bits per heavy atom. The molecule has 3 saturated heterocycles. The van der Waals surface area contributed by atoms with E-state index in [0.717, 1.165) is 17.5 Å². The molecule has 3 unspecified atom stereocenters. The van der Waals surface area contributed by atoms with Gasteiger partial charge >= 0.3 is 0 Å². The molecule has 0 aliphatic carbocycles. The summed E-state index contributed by atoms with van der Waals surface area (Å²) in [6.45, 7) is 6.01. The van der Waals surface area contributed by atoms with Crippen LogP contribution in [0.3, 0.4) is 0 Å². The minimum Gasteiger partial charge on any atom is -0.394 e. The molecule has 2 aromatic rings. The predicted molar refractivity (Wildman–Crippen MR) is 136 cm³/mol. The molecule has 194 valence electrons. The number of likely N-dealkylation sites (tertiary alicyclic amines) is 1. The first kappa shape index (κ1) is 25.0. The van der Waals surface area contributed by atoms with E-state index in [2.05, 4.69) is 27.9 Å². The Kier molecular flexibility index (Phi) is 6.48.